The van der Waals surface area contributed by atoms with Crippen molar-refractivity contribution in [3.63, 3.8) is 0 Å². The van der Waals surface area contributed by atoms with Crippen molar-refractivity contribution >= 4 is 6.03 Å². The van der Waals surface area contributed by atoms with Gasteiger partial charge in [-0.3, -0.25) is 9.97 Å². The third-order valence-electron chi connectivity index (χ3n) is 5.26. The van der Waals surface area contributed by atoms with E-state index in [2.05, 4.69) is 29.1 Å². The Hall–Kier alpha value is -2.47. The summed E-state index contributed by atoms with van der Waals surface area (Å²) in [6.07, 6.45) is 6.26. The Morgan fingerprint density at radius 1 is 1.22 bits per heavy atom. The minimum absolute atomic E-state index is 0.0919. The lowest BCUT2D eigenvalue weighted by molar-refractivity contribution is -0.0206. The fraction of sp³-hybridized carbons (Fsp3) is 0.476. The number of carbonyl (C=O) groups excluding carboxylic acids is 1. The lowest BCUT2D eigenvalue weighted by atomic mass is 9.87. The van der Waals surface area contributed by atoms with Crippen LogP contribution in [0.5, 0.6) is 0 Å². The molecule has 3 rings (SSSR count). The summed E-state index contributed by atoms with van der Waals surface area (Å²) in [4.78, 5) is 23.1. The second-order valence-corrected chi connectivity index (χ2v) is 7.70. The summed E-state index contributed by atoms with van der Waals surface area (Å²) in [5.74, 6) is 0.247. The topological polar surface area (TPSA) is 78.4 Å². The van der Waals surface area contributed by atoms with Gasteiger partial charge in [-0.1, -0.05) is 26.0 Å². The van der Waals surface area contributed by atoms with Crippen molar-refractivity contribution in [1.29, 1.82) is 0 Å². The molecule has 27 heavy (non-hydrogen) atoms. The van der Waals surface area contributed by atoms with E-state index in [4.69, 9.17) is 0 Å². The summed E-state index contributed by atoms with van der Waals surface area (Å²) in [5, 5.41) is 14.1. The van der Waals surface area contributed by atoms with Crippen molar-refractivity contribution in [3.05, 3.63) is 59.7 Å². The molecule has 6 heteroatoms. The molecule has 2 aromatic heterocycles. The van der Waals surface area contributed by atoms with E-state index in [1.54, 1.807) is 23.5 Å². The highest BCUT2D eigenvalue weighted by molar-refractivity contribution is 5.75. The average molecular weight is 368 g/mol. The largest absolute Gasteiger partial charge is 0.383 e. The number of likely N-dealkylation sites (tertiary alicyclic amines) is 1. The predicted molar refractivity (Wildman–Crippen MR) is 104 cm³/mol. The fourth-order valence-electron chi connectivity index (χ4n) is 3.50. The number of aromatic nitrogens is 2. The number of nitrogens with zero attached hydrogens (tertiary/aromatic N) is 3. The van der Waals surface area contributed by atoms with E-state index in [9.17, 15) is 9.90 Å². The van der Waals surface area contributed by atoms with Crippen LogP contribution in [-0.4, -0.2) is 39.1 Å². The van der Waals surface area contributed by atoms with Crippen molar-refractivity contribution in [2.45, 2.75) is 45.3 Å². The summed E-state index contributed by atoms with van der Waals surface area (Å²) >= 11 is 0. The molecule has 0 saturated carbocycles. The van der Waals surface area contributed by atoms with E-state index >= 15 is 0 Å². The molecule has 2 N–H and O–H groups in total. The lowest BCUT2D eigenvalue weighted by Gasteiger charge is -2.38. The summed E-state index contributed by atoms with van der Waals surface area (Å²) in [6, 6.07) is 7.51. The SMILES string of the molecule is Cc1ccc(C2(O)CCN(C(=O)N[C@@H](c3cccnc3)C(C)C)CC2)nc1. The van der Waals surface area contributed by atoms with E-state index in [1.807, 2.05) is 31.2 Å². The number of pyridine rings is 2. The summed E-state index contributed by atoms with van der Waals surface area (Å²) < 4.78 is 0. The summed E-state index contributed by atoms with van der Waals surface area (Å²) in [6.45, 7) is 7.12. The van der Waals surface area contributed by atoms with Crippen molar-refractivity contribution in [1.82, 2.24) is 20.2 Å². The van der Waals surface area contributed by atoms with Crippen LogP contribution in [0.15, 0.2) is 42.9 Å². The molecule has 0 bridgehead atoms. The maximum atomic E-state index is 12.8. The van der Waals surface area contributed by atoms with Crippen LogP contribution < -0.4 is 5.32 Å². The van der Waals surface area contributed by atoms with Gasteiger partial charge in [-0.05, 0) is 48.9 Å². The molecule has 3 heterocycles. The Bertz CT molecular complexity index is 754. The van der Waals surface area contributed by atoms with E-state index in [0.717, 1.165) is 11.1 Å². The van der Waals surface area contributed by atoms with Gasteiger partial charge in [-0.2, -0.15) is 0 Å². The molecule has 0 aliphatic carbocycles. The molecule has 6 nitrogen and oxygen atoms in total. The van der Waals surface area contributed by atoms with Crippen molar-refractivity contribution in [2.24, 2.45) is 5.92 Å². The number of aryl methyl sites for hydroxylation is 1. The molecule has 0 unspecified atom stereocenters. The molecule has 2 aromatic rings. The summed E-state index contributed by atoms with van der Waals surface area (Å²) in [7, 11) is 0. The van der Waals surface area contributed by atoms with Crippen LogP contribution in [0, 0.1) is 12.8 Å². The maximum Gasteiger partial charge on any atom is 0.317 e. The number of piperidine rings is 1. The van der Waals surface area contributed by atoms with Gasteiger partial charge < -0.3 is 15.3 Å². The normalized spacial score (nSPS) is 17.6. The minimum atomic E-state index is -0.967. The third kappa shape index (κ3) is 4.45. The van der Waals surface area contributed by atoms with E-state index in [0.29, 0.717) is 31.6 Å². The van der Waals surface area contributed by atoms with Crippen LogP contribution in [-0.2, 0) is 5.60 Å². The first-order valence-electron chi connectivity index (χ1n) is 9.50. The smallest absolute Gasteiger partial charge is 0.317 e. The second-order valence-electron chi connectivity index (χ2n) is 7.70. The van der Waals surface area contributed by atoms with Crippen molar-refractivity contribution < 1.29 is 9.90 Å². The van der Waals surface area contributed by atoms with Gasteiger partial charge in [0.1, 0.15) is 5.60 Å². The molecule has 1 saturated heterocycles. The number of hydrogen-bond donors (Lipinski definition) is 2. The number of aliphatic hydroxyl groups is 1. The van der Waals surface area contributed by atoms with Gasteiger partial charge in [-0.25, -0.2) is 4.79 Å². The van der Waals surface area contributed by atoms with Crippen molar-refractivity contribution in [2.75, 3.05) is 13.1 Å². The van der Waals surface area contributed by atoms with Gasteiger partial charge >= 0.3 is 6.03 Å². The fourth-order valence-corrected chi connectivity index (χ4v) is 3.50. The lowest BCUT2D eigenvalue weighted by Crippen LogP contribution is -2.50. The Morgan fingerprint density at radius 3 is 2.52 bits per heavy atom. The summed E-state index contributed by atoms with van der Waals surface area (Å²) in [5.41, 5.74) is 1.78. The Labute approximate surface area is 160 Å². The molecule has 1 fully saturated rings. The third-order valence-corrected chi connectivity index (χ3v) is 5.26. The molecule has 1 aliphatic rings. The van der Waals surface area contributed by atoms with Gasteiger partial charge in [0, 0.05) is 31.7 Å². The molecule has 0 aromatic carbocycles. The van der Waals surface area contributed by atoms with E-state index in [-0.39, 0.29) is 18.0 Å². The van der Waals surface area contributed by atoms with Gasteiger partial charge in [0.15, 0.2) is 0 Å². The molecule has 0 radical (unpaired) electrons. The first-order chi connectivity index (χ1) is 12.9. The van der Waals surface area contributed by atoms with Gasteiger partial charge in [0.05, 0.1) is 11.7 Å². The first-order valence-corrected chi connectivity index (χ1v) is 9.50. The van der Waals surface area contributed by atoms with Crippen LogP contribution >= 0.6 is 0 Å². The average Bonchev–Trinajstić information content (AvgIpc) is 2.67. The van der Waals surface area contributed by atoms with Crippen LogP contribution in [0.4, 0.5) is 4.79 Å². The molecule has 0 spiro atoms. The zero-order chi connectivity index (χ0) is 19.4. The Morgan fingerprint density at radius 2 is 1.96 bits per heavy atom. The minimum Gasteiger partial charge on any atom is -0.383 e. The van der Waals surface area contributed by atoms with Crippen LogP contribution in [0.2, 0.25) is 0 Å². The number of nitrogens with one attached hydrogen (secondary N) is 1. The van der Waals surface area contributed by atoms with Crippen molar-refractivity contribution in [3.8, 4) is 0 Å². The molecule has 1 aliphatic heterocycles. The molecule has 1 atom stereocenters. The molecule has 2 amide bonds. The number of hydrogen-bond acceptors (Lipinski definition) is 4. The quantitative estimate of drug-likeness (QED) is 0.869. The molecular formula is C21H28N4O2. The molecular weight excluding hydrogens is 340 g/mol. The van der Waals surface area contributed by atoms with Gasteiger partial charge in [0.2, 0.25) is 0 Å². The highest BCUT2D eigenvalue weighted by Gasteiger charge is 2.37. The highest BCUT2D eigenvalue weighted by Crippen LogP contribution is 2.32. The second kappa shape index (κ2) is 8.05. The van der Waals surface area contributed by atoms with Crippen LogP contribution in [0.25, 0.3) is 0 Å². The van der Waals surface area contributed by atoms with E-state index in [1.165, 1.54) is 0 Å². The van der Waals surface area contributed by atoms with E-state index < -0.39 is 5.60 Å². The zero-order valence-corrected chi connectivity index (χ0v) is 16.2. The first kappa shape index (κ1) is 19.3. The number of rotatable bonds is 4. The highest BCUT2D eigenvalue weighted by atomic mass is 16.3. The standard InChI is InChI=1S/C21H28N4O2/c1-15(2)19(17-5-4-10-22-14-17)24-20(26)25-11-8-21(27,9-12-25)18-7-6-16(3)13-23-18/h4-7,10,13-15,19,27H,8-9,11-12H2,1-3H3,(H,24,26)/t19-/m1/s1. The number of urea groups is 1. The number of carbonyl (C=O) groups is 1. The van der Waals surface area contributed by atoms with Crippen LogP contribution in [0.1, 0.15) is 49.6 Å². The van der Waals surface area contributed by atoms with Gasteiger partial charge in [-0.15, -0.1) is 0 Å². The maximum absolute atomic E-state index is 12.8. The predicted octanol–water partition coefficient (Wildman–Crippen LogP) is 3.18. The van der Waals surface area contributed by atoms with Gasteiger partial charge in [0.25, 0.3) is 0 Å². The Kier molecular flexibility index (Phi) is 5.75. The number of amides is 2. The van der Waals surface area contributed by atoms with Crippen LogP contribution in [0.3, 0.4) is 0 Å². The Balaban J connectivity index is 1.63. The monoisotopic (exact) mass is 368 g/mol. The molecule has 144 valence electrons. The zero-order valence-electron chi connectivity index (χ0n) is 16.2.